The first-order chi connectivity index (χ1) is 13.5. The van der Waals surface area contributed by atoms with Crippen molar-refractivity contribution in [1.82, 2.24) is 0 Å². The minimum Gasteiger partial charge on any atom is -0.497 e. The molecule has 0 aromatic heterocycles. The molecule has 0 atom stereocenters. The van der Waals surface area contributed by atoms with Crippen LogP contribution in [0.3, 0.4) is 0 Å². The first-order valence-electron chi connectivity index (χ1n) is 8.88. The van der Waals surface area contributed by atoms with Crippen molar-refractivity contribution in [2.24, 2.45) is 0 Å². The number of hydrogen-bond donors (Lipinski definition) is 0. The first-order valence-corrected chi connectivity index (χ1v) is 8.88. The molecule has 4 aromatic carbocycles. The van der Waals surface area contributed by atoms with Gasteiger partial charge < -0.3 is 9.47 Å². The molecule has 0 unspecified atom stereocenters. The van der Waals surface area contributed by atoms with E-state index in [0.717, 1.165) is 27.3 Å². The Morgan fingerprint density at radius 1 is 0.679 bits per heavy atom. The second-order valence-electron chi connectivity index (χ2n) is 6.60. The molecular weight excluding hydrogens is 352 g/mol. The highest BCUT2D eigenvalue weighted by atomic mass is 16.5. The number of esters is 1. The predicted molar refractivity (Wildman–Crippen MR) is 109 cm³/mol. The van der Waals surface area contributed by atoms with Crippen LogP contribution >= 0.6 is 0 Å². The van der Waals surface area contributed by atoms with E-state index in [4.69, 9.17) is 9.47 Å². The molecule has 4 aromatic rings. The van der Waals surface area contributed by atoms with Gasteiger partial charge in [0.15, 0.2) is 5.78 Å². The molecule has 0 aliphatic rings. The van der Waals surface area contributed by atoms with Crippen molar-refractivity contribution >= 4 is 33.3 Å². The summed E-state index contributed by atoms with van der Waals surface area (Å²) in [5, 5.41) is 4.17. The number of rotatable bonds is 4. The van der Waals surface area contributed by atoms with Gasteiger partial charge in [-0.2, -0.15) is 0 Å². The number of hydrogen-bond acceptors (Lipinski definition) is 4. The van der Waals surface area contributed by atoms with Crippen LogP contribution in [0.4, 0.5) is 0 Å². The summed E-state index contributed by atoms with van der Waals surface area (Å²) in [6.07, 6.45) is 0. The van der Waals surface area contributed by atoms with E-state index in [2.05, 4.69) is 12.1 Å². The fraction of sp³-hybridized carbons (Fsp3) is 0.0833. The Balaban J connectivity index is 1.65. The zero-order valence-corrected chi connectivity index (χ0v) is 15.6. The molecule has 0 saturated carbocycles. The van der Waals surface area contributed by atoms with Gasteiger partial charge in [0.05, 0.1) is 12.7 Å². The lowest BCUT2D eigenvalue weighted by Gasteiger charge is -2.08. The third kappa shape index (κ3) is 3.45. The minimum atomic E-state index is -0.493. The van der Waals surface area contributed by atoms with E-state index in [1.807, 2.05) is 30.3 Å². The van der Waals surface area contributed by atoms with Crippen molar-refractivity contribution in [3.8, 4) is 11.5 Å². The van der Waals surface area contributed by atoms with Gasteiger partial charge in [-0.15, -0.1) is 0 Å². The molecule has 0 N–H and O–H groups in total. The number of Topliss-reactive ketones (excluding diaryl/α,β-unsaturated/α-hetero) is 1. The monoisotopic (exact) mass is 370 g/mol. The average molecular weight is 370 g/mol. The first kappa shape index (κ1) is 17.7. The normalized spacial score (nSPS) is 10.8. The third-order valence-corrected chi connectivity index (χ3v) is 4.69. The van der Waals surface area contributed by atoms with Crippen molar-refractivity contribution < 1.29 is 19.1 Å². The number of fused-ring (bicyclic) bond motifs is 2. The maximum absolute atomic E-state index is 12.5. The van der Waals surface area contributed by atoms with Gasteiger partial charge in [0.2, 0.25) is 0 Å². The van der Waals surface area contributed by atoms with Crippen LogP contribution in [0.25, 0.3) is 21.5 Å². The largest absolute Gasteiger partial charge is 0.497 e. The molecular formula is C24H18O4. The molecule has 4 heteroatoms. The Labute approximate surface area is 162 Å². The summed E-state index contributed by atoms with van der Waals surface area (Å²) in [5.74, 6) is 0.681. The van der Waals surface area contributed by atoms with E-state index in [1.165, 1.54) is 6.92 Å². The minimum absolute atomic E-state index is 0.0936. The fourth-order valence-electron chi connectivity index (χ4n) is 3.18. The molecule has 0 amide bonds. The maximum Gasteiger partial charge on any atom is 0.343 e. The summed E-state index contributed by atoms with van der Waals surface area (Å²) in [6, 6.07) is 22.1. The van der Waals surface area contributed by atoms with Crippen LogP contribution in [0.1, 0.15) is 27.6 Å². The highest BCUT2D eigenvalue weighted by Crippen LogP contribution is 2.29. The molecule has 4 nitrogen and oxygen atoms in total. The molecule has 4 rings (SSSR count). The zero-order valence-electron chi connectivity index (χ0n) is 15.6. The maximum atomic E-state index is 12.5. The summed E-state index contributed by atoms with van der Waals surface area (Å²) >= 11 is 0. The van der Waals surface area contributed by atoms with Gasteiger partial charge in [0, 0.05) is 5.56 Å². The van der Waals surface area contributed by atoms with Gasteiger partial charge in [0.1, 0.15) is 11.5 Å². The van der Waals surface area contributed by atoms with Crippen molar-refractivity contribution in [1.29, 1.82) is 0 Å². The van der Waals surface area contributed by atoms with E-state index in [-0.39, 0.29) is 5.78 Å². The van der Waals surface area contributed by atoms with E-state index in [0.29, 0.717) is 16.9 Å². The van der Waals surface area contributed by atoms with Crippen LogP contribution in [-0.4, -0.2) is 18.9 Å². The van der Waals surface area contributed by atoms with Crippen LogP contribution in [0.15, 0.2) is 72.8 Å². The summed E-state index contributed by atoms with van der Waals surface area (Å²) in [4.78, 5) is 24.0. The quantitative estimate of drug-likeness (QED) is 0.208. The number of ketones is 1. The Morgan fingerprint density at radius 2 is 1.29 bits per heavy atom. The van der Waals surface area contributed by atoms with Crippen molar-refractivity contribution in [3.63, 3.8) is 0 Å². The van der Waals surface area contributed by atoms with Crippen molar-refractivity contribution in [2.75, 3.05) is 7.11 Å². The number of carbonyl (C=O) groups is 2. The number of carbonyl (C=O) groups excluding carboxylic acids is 2. The topological polar surface area (TPSA) is 52.6 Å². The number of benzene rings is 4. The SMILES string of the molecule is COc1ccc2cc3cc(OC(=O)c4cccc(C(C)=O)c4)ccc3cc2c1. The predicted octanol–water partition coefficient (Wildman–Crippen LogP) is 5.42. The average Bonchev–Trinajstić information content (AvgIpc) is 2.71. The van der Waals surface area contributed by atoms with Crippen molar-refractivity contribution in [2.45, 2.75) is 6.92 Å². The van der Waals surface area contributed by atoms with Crippen LogP contribution in [0.5, 0.6) is 11.5 Å². The highest BCUT2D eigenvalue weighted by Gasteiger charge is 2.11. The second kappa shape index (κ2) is 7.16. The van der Waals surface area contributed by atoms with Crippen molar-refractivity contribution in [3.05, 3.63) is 83.9 Å². The molecule has 28 heavy (non-hydrogen) atoms. The van der Waals surface area contributed by atoms with Crippen LogP contribution in [-0.2, 0) is 0 Å². The van der Waals surface area contributed by atoms with E-state index < -0.39 is 5.97 Å². The highest BCUT2D eigenvalue weighted by molar-refractivity contribution is 6.00. The fourth-order valence-corrected chi connectivity index (χ4v) is 3.18. The van der Waals surface area contributed by atoms with Gasteiger partial charge in [-0.1, -0.05) is 24.3 Å². The van der Waals surface area contributed by atoms with Gasteiger partial charge in [-0.3, -0.25) is 4.79 Å². The molecule has 0 spiro atoms. The molecule has 0 bridgehead atoms. The van der Waals surface area contributed by atoms with Crippen LogP contribution in [0.2, 0.25) is 0 Å². The molecule has 138 valence electrons. The lowest BCUT2D eigenvalue weighted by atomic mass is 10.0. The molecule has 0 fully saturated rings. The molecule has 0 radical (unpaired) electrons. The van der Waals surface area contributed by atoms with E-state index >= 15 is 0 Å². The van der Waals surface area contributed by atoms with Gasteiger partial charge in [0.25, 0.3) is 0 Å². The Morgan fingerprint density at radius 3 is 1.93 bits per heavy atom. The zero-order chi connectivity index (χ0) is 19.7. The lowest BCUT2D eigenvalue weighted by molar-refractivity contribution is 0.0735. The summed E-state index contributed by atoms with van der Waals surface area (Å²) in [5.41, 5.74) is 0.827. The number of ether oxygens (including phenoxy) is 2. The van der Waals surface area contributed by atoms with Gasteiger partial charge in [-0.05, 0) is 77.0 Å². The summed E-state index contributed by atoms with van der Waals surface area (Å²) in [6.45, 7) is 1.47. The van der Waals surface area contributed by atoms with E-state index in [9.17, 15) is 9.59 Å². The smallest absolute Gasteiger partial charge is 0.343 e. The molecule has 0 aliphatic carbocycles. The van der Waals surface area contributed by atoms with Gasteiger partial charge in [-0.25, -0.2) is 4.79 Å². The Kier molecular flexibility index (Phi) is 4.53. The van der Waals surface area contributed by atoms with Crippen LogP contribution < -0.4 is 9.47 Å². The summed E-state index contributed by atoms with van der Waals surface area (Å²) < 4.78 is 10.8. The molecule has 0 aliphatic heterocycles. The number of methoxy groups -OCH3 is 1. The lowest BCUT2D eigenvalue weighted by Crippen LogP contribution is -2.09. The Hall–Kier alpha value is -3.66. The molecule has 0 saturated heterocycles. The van der Waals surface area contributed by atoms with Gasteiger partial charge >= 0.3 is 5.97 Å². The summed E-state index contributed by atoms with van der Waals surface area (Å²) in [7, 11) is 1.65. The van der Waals surface area contributed by atoms with Crippen LogP contribution in [0, 0.1) is 0 Å². The van der Waals surface area contributed by atoms with E-state index in [1.54, 1.807) is 37.4 Å². The molecule has 0 heterocycles. The second-order valence-corrected chi connectivity index (χ2v) is 6.60. The Bertz CT molecular complexity index is 1220. The third-order valence-electron chi connectivity index (χ3n) is 4.69. The standard InChI is InChI=1S/C24H18O4/c1-15(25)16-4-3-5-19(10-16)24(26)28-23-9-7-18-11-20-13-22(27-2)8-6-17(20)12-21(18)14-23/h3-14H,1-2H3.